The molecule has 2 heterocycles. The molecule has 0 unspecified atom stereocenters. The first-order valence-corrected chi connectivity index (χ1v) is 6.99. The molecule has 0 fully saturated rings. The lowest BCUT2D eigenvalue weighted by Gasteiger charge is -2.06. The van der Waals surface area contributed by atoms with E-state index in [-0.39, 0.29) is 11.8 Å². The van der Waals surface area contributed by atoms with Crippen molar-refractivity contribution in [3.63, 3.8) is 0 Å². The summed E-state index contributed by atoms with van der Waals surface area (Å²) < 4.78 is 5.05. The number of fused-ring (bicyclic) bond motifs is 1. The van der Waals surface area contributed by atoms with Crippen molar-refractivity contribution in [2.45, 2.75) is 6.92 Å². The first kappa shape index (κ1) is 15.3. The molecule has 0 aliphatic rings. The minimum atomic E-state index is -0.615. The van der Waals surface area contributed by atoms with Crippen LogP contribution in [-0.2, 0) is 4.79 Å². The maximum absolute atomic E-state index is 11.4. The Kier molecular flexibility index (Phi) is 4.02. The van der Waals surface area contributed by atoms with Crippen LogP contribution in [0.1, 0.15) is 18.4 Å². The maximum Gasteiger partial charge on any atom is 0.433 e. The van der Waals surface area contributed by atoms with E-state index in [1.165, 1.54) is 25.1 Å². The number of aromatic nitrogens is 2. The Labute approximate surface area is 136 Å². The third kappa shape index (κ3) is 3.27. The lowest BCUT2D eigenvalue weighted by Crippen LogP contribution is -2.10. The van der Waals surface area contributed by atoms with E-state index in [9.17, 15) is 14.9 Å². The highest BCUT2D eigenvalue weighted by molar-refractivity contribution is 5.92. The summed E-state index contributed by atoms with van der Waals surface area (Å²) in [6, 6.07) is 9.98. The highest BCUT2D eigenvalue weighted by Crippen LogP contribution is 2.21. The number of nitrogens with one attached hydrogen (secondary N) is 1. The highest BCUT2D eigenvalue weighted by Gasteiger charge is 2.11. The van der Waals surface area contributed by atoms with Gasteiger partial charge in [0.05, 0.1) is 17.1 Å². The van der Waals surface area contributed by atoms with Gasteiger partial charge in [-0.1, -0.05) is 12.1 Å². The zero-order valence-electron chi connectivity index (χ0n) is 12.6. The molecule has 8 nitrogen and oxygen atoms in total. The molecule has 1 aromatic carbocycles. The molecule has 0 aliphatic heterocycles. The summed E-state index contributed by atoms with van der Waals surface area (Å²) in [6.45, 7) is 1.38. The average Bonchev–Trinajstić information content (AvgIpc) is 3.01. The van der Waals surface area contributed by atoms with Crippen LogP contribution in [0.15, 0.2) is 40.8 Å². The number of amides is 1. The average molecular weight is 324 g/mol. The SMILES string of the molecule is CC(=O)Nc1nc2ccccc2nc1/C=C/c1ccc([N+](=O)[O-])o1. The fraction of sp³-hybridized carbons (Fsp3) is 0.0625. The molecule has 120 valence electrons. The lowest BCUT2D eigenvalue weighted by atomic mass is 10.2. The second-order valence-electron chi connectivity index (χ2n) is 4.89. The topological polar surface area (TPSA) is 111 Å². The monoisotopic (exact) mass is 324 g/mol. The number of carbonyl (C=O) groups is 1. The van der Waals surface area contributed by atoms with Crippen LogP contribution in [0.5, 0.6) is 0 Å². The summed E-state index contributed by atoms with van der Waals surface area (Å²) in [4.78, 5) is 30.2. The highest BCUT2D eigenvalue weighted by atomic mass is 16.6. The third-order valence-electron chi connectivity index (χ3n) is 3.09. The minimum absolute atomic E-state index is 0.275. The van der Waals surface area contributed by atoms with Gasteiger partial charge in [0.25, 0.3) is 0 Å². The van der Waals surface area contributed by atoms with Crippen LogP contribution in [0.2, 0.25) is 0 Å². The zero-order valence-corrected chi connectivity index (χ0v) is 12.6. The van der Waals surface area contributed by atoms with Crippen molar-refractivity contribution in [1.82, 2.24) is 9.97 Å². The minimum Gasteiger partial charge on any atom is -0.401 e. The molecule has 0 aliphatic carbocycles. The molecule has 8 heteroatoms. The Bertz CT molecular complexity index is 962. The second kappa shape index (κ2) is 6.29. The predicted octanol–water partition coefficient (Wildman–Crippen LogP) is 3.26. The van der Waals surface area contributed by atoms with Crippen LogP contribution >= 0.6 is 0 Å². The van der Waals surface area contributed by atoms with Crippen molar-refractivity contribution < 1.29 is 14.1 Å². The van der Waals surface area contributed by atoms with Gasteiger partial charge in [-0.25, -0.2) is 9.97 Å². The van der Waals surface area contributed by atoms with Crippen LogP contribution in [0.25, 0.3) is 23.2 Å². The molecular formula is C16H12N4O4. The molecule has 2 aromatic heterocycles. The Morgan fingerprint density at radius 1 is 1.17 bits per heavy atom. The van der Waals surface area contributed by atoms with Crippen molar-refractivity contribution in [1.29, 1.82) is 0 Å². The van der Waals surface area contributed by atoms with Gasteiger partial charge in [-0.15, -0.1) is 0 Å². The van der Waals surface area contributed by atoms with E-state index in [0.717, 1.165) is 0 Å². The molecule has 0 bridgehead atoms. The van der Waals surface area contributed by atoms with Gasteiger partial charge in [0.15, 0.2) is 5.82 Å². The van der Waals surface area contributed by atoms with E-state index in [2.05, 4.69) is 15.3 Å². The van der Waals surface area contributed by atoms with Gasteiger partial charge in [-0.05, 0) is 30.4 Å². The van der Waals surface area contributed by atoms with Crippen LogP contribution in [0.4, 0.5) is 11.7 Å². The third-order valence-corrected chi connectivity index (χ3v) is 3.09. The Hall–Kier alpha value is -3.55. The zero-order chi connectivity index (χ0) is 17.1. The van der Waals surface area contributed by atoms with Gasteiger partial charge >= 0.3 is 5.88 Å². The van der Waals surface area contributed by atoms with Gasteiger partial charge in [-0.3, -0.25) is 14.9 Å². The lowest BCUT2D eigenvalue weighted by molar-refractivity contribution is -0.402. The number of hydrogen-bond acceptors (Lipinski definition) is 6. The van der Waals surface area contributed by atoms with Crippen molar-refractivity contribution in [3.8, 4) is 0 Å². The summed E-state index contributed by atoms with van der Waals surface area (Å²) in [5, 5.41) is 13.3. The van der Waals surface area contributed by atoms with Gasteiger partial charge < -0.3 is 9.73 Å². The van der Waals surface area contributed by atoms with E-state index in [4.69, 9.17) is 4.42 Å². The van der Waals surface area contributed by atoms with Crippen LogP contribution in [0, 0.1) is 10.1 Å². The molecule has 0 atom stereocenters. The summed E-state index contributed by atoms with van der Waals surface area (Å²) in [5.74, 6) is -0.0202. The summed E-state index contributed by atoms with van der Waals surface area (Å²) in [6.07, 6.45) is 3.10. The number of para-hydroxylation sites is 2. The number of carbonyl (C=O) groups excluding carboxylic acids is 1. The smallest absolute Gasteiger partial charge is 0.401 e. The molecule has 0 saturated heterocycles. The predicted molar refractivity (Wildman–Crippen MR) is 88.1 cm³/mol. The van der Waals surface area contributed by atoms with Crippen molar-refractivity contribution in [2.24, 2.45) is 0 Å². The van der Waals surface area contributed by atoms with E-state index < -0.39 is 4.92 Å². The molecule has 0 saturated carbocycles. The molecule has 0 radical (unpaired) electrons. The van der Waals surface area contributed by atoms with Gasteiger partial charge in [0, 0.05) is 6.92 Å². The van der Waals surface area contributed by atoms with Crippen molar-refractivity contribution in [3.05, 3.63) is 58.0 Å². The Balaban J connectivity index is 2.00. The fourth-order valence-corrected chi connectivity index (χ4v) is 2.08. The Morgan fingerprint density at radius 3 is 2.50 bits per heavy atom. The number of nitrogens with zero attached hydrogens (tertiary/aromatic N) is 3. The summed E-state index contributed by atoms with van der Waals surface area (Å²) >= 11 is 0. The number of furan rings is 1. The van der Waals surface area contributed by atoms with E-state index >= 15 is 0 Å². The van der Waals surface area contributed by atoms with E-state index in [1.54, 1.807) is 18.2 Å². The quantitative estimate of drug-likeness (QED) is 0.582. The Morgan fingerprint density at radius 2 is 1.88 bits per heavy atom. The largest absolute Gasteiger partial charge is 0.433 e. The first-order valence-electron chi connectivity index (χ1n) is 6.99. The van der Waals surface area contributed by atoms with Gasteiger partial charge in [0.2, 0.25) is 5.91 Å². The molecule has 0 spiro atoms. The second-order valence-corrected chi connectivity index (χ2v) is 4.89. The molecule has 24 heavy (non-hydrogen) atoms. The fourth-order valence-electron chi connectivity index (χ4n) is 2.08. The maximum atomic E-state index is 11.4. The number of hydrogen-bond donors (Lipinski definition) is 1. The first-order chi connectivity index (χ1) is 11.5. The number of rotatable bonds is 4. The normalized spacial score (nSPS) is 11.0. The van der Waals surface area contributed by atoms with Crippen molar-refractivity contribution in [2.75, 3.05) is 5.32 Å². The van der Waals surface area contributed by atoms with Crippen LogP contribution < -0.4 is 5.32 Å². The molecule has 3 rings (SSSR count). The number of benzene rings is 1. The number of anilines is 1. The van der Waals surface area contributed by atoms with Gasteiger partial charge in [0.1, 0.15) is 16.4 Å². The summed E-state index contributed by atoms with van der Waals surface area (Å²) in [7, 11) is 0. The van der Waals surface area contributed by atoms with E-state index in [0.29, 0.717) is 28.3 Å². The molecule has 3 aromatic rings. The molecule has 1 amide bonds. The molecule has 1 N–H and O–H groups in total. The van der Waals surface area contributed by atoms with Gasteiger partial charge in [-0.2, -0.15) is 0 Å². The van der Waals surface area contributed by atoms with E-state index in [1.807, 2.05) is 12.1 Å². The van der Waals surface area contributed by atoms with Crippen LogP contribution in [0.3, 0.4) is 0 Å². The number of nitro groups is 1. The molecular weight excluding hydrogens is 312 g/mol. The summed E-state index contributed by atoms with van der Waals surface area (Å²) in [5.41, 5.74) is 1.73. The standard InChI is InChI=1S/C16H12N4O4/c1-10(21)17-16-14(18-12-4-2-3-5-13(12)19-16)8-6-11-7-9-15(24-11)20(22)23/h2-9H,1H3,(H,17,19,21)/b8-6+. The van der Waals surface area contributed by atoms with Crippen molar-refractivity contribution >= 4 is 40.8 Å². The van der Waals surface area contributed by atoms with Crippen LogP contribution in [-0.4, -0.2) is 20.8 Å².